The zero-order chi connectivity index (χ0) is 22.5. The first-order valence-electron chi connectivity index (χ1n) is 12.0. The summed E-state index contributed by atoms with van der Waals surface area (Å²) in [4.78, 5) is 0. The van der Waals surface area contributed by atoms with Crippen molar-refractivity contribution in [3.8, 4) is 22.8 Å². The molecule has 160 valence electrons. The van der Waals surface area contributed by atoms with E-state index in [9.17, 15) is 0 Å². The fourth-order valence-corrected chi connectivity index (χ4v) is 8.41. The first kappa shape index (κ1) is 17.2. The second-order valence-corrected chi connectivity index (χ2v) is 10.8. The topological polar surface area (TPSA) is 17.0 Å². The van der Waals surface area contributed by atoms with Gasteiger partial charge in [-0.3, -0.25) is 0 Å². The summed E-state index contributed by atoms with van der Waals surface area (Å²) in [5.74, 6) is 1.90. The molecule has 0 N–H and O–H groups in total. The van der Waals surface area contributed by atoms with Crippen LogP contribution in [-0.2, 0) is 5.66 Å². The van der Waals surface area contributed by atoms with E-state index in [0.717, 1.165) is 11.5 Å². The number of nitrogens with zero attached hydrogens (tertiary/aromatic N) is 2. The molecule has 0 aliphatic carbocycles. The maximum atomic E-state index is 6.66. The van der Waals surface area contributed by atoms with Gasteiger partial charge in [-0.2, -0.15) is 0 Å². The molecule has 7 aromatic rings. The Kier molecular flexibility index (Phi) is 2.63. The van der Waals surface area contributed by atoms with E-state index >= 15 is 0 Å². The van der Waals surface area contributed by atoms with E-state index in [1.54, 1.807) is 0 Å². The molecular weight excluding hydrogens is 448 g/mol. The summed E-state index contributed by atoms with van der Waals surface area (Å²) in [5, 5.41) is 6.66. The first-order valence-corrected chi connectivity index (χ1v) is 12.8. The Morgan fingerprint density at radius 1 is 0.629 bits per heavy atom. The van der Waals surface area contributed by atoms with Gasteiger partial charge in [0.05, 0.1) is 16.3 Å². The van der Waals surface area contributed by atoms with Gasteiger partial charge >= 0.3 is 5.66 Å². The van der Waals surface area contributed by atoms with E-state index in [-0.39, 0.29) is 0 Å². The predicted octanol–water partition coefficient (Wildman–Crippen LogP) is 6.63. The number of thiophene rings is 1. The molecule has 0 radical (unpaired) electrons. The highest BCUT2D eigenvalue weighted by Gasteiger charge is 2.70. The Balaban J connectivity index is 1.56. The van der Waals surface area contributed by atoms with Gasteiger partial charge in [-0.05, 0) is 42.5 Å². The van der Waals surface area contributed by atoms with Gasteiger partial charge in [-0.15, -0.1) is 20.5 Å². The normalized spacial score (nSPS) is 18.1. The third kappa shape index (κ3) is 1.62. The molecule has 35 heavy (non-hydrogen) atoms. The number of hydrogen-bond donors (Lipinski definition) is 0. The Hall–Kier alpha value is -4.28. The van der Waals surface area contributed by atoms with Gasteiger partial charge in [0.2, 0.25) is 11.2 Å². The van der Waals surface area contributed by atoms with Crippen LogP contribution in [0.3, 0.4) is 0 Å². The lowest BCUT2D eigenvalue weighted by Crippen LogP contribution is -2.71. The fraction of sp³-hybridized carbons (Fsp3) is 0.0323. The van der Waals surface area contributed by atoms with Gasteiger partial charge in [-0.25, -0.2) is 0 Å². The highest BCUT2D eigenvalue weighted by molar-refractivity contribution is 7.27. The quantitative estimate of drug-likeness (QED) is 0.182. The van der Waals surface area contributed by atoms with Crippen molar-refractivity contribution in [2.45, 2.75) is 5.66 Å². The molecule has 1 spiro atoms. The monoisotopic (exact) mass is 464 g/mol. The molecule has 4 heteroatoms. The summed E-state index contributed by atoms with van der Waals surface area (Å²) in [6, 6.07) is 30.8. The zero-order valence-corrected chi connectivity index (χ0v) is 19.3. The molecule has 3 aromatic heterocycles. The van der Waals surface area contributed by atoms with Crippen molar-refractivity contribution in [1.82, 2.24) is 0 Å². The number of hydrogen-bond acceptors (Lipinski definition) is 2. The molecule has 3 aliphatic rings. The SMILES string of the molecule is c1cc2c3c(c1)-c1cccc[n+]1C31c3c(ccc4c5sc6ccccc6c5c5ccc[n+]1c5c34)O2. The van der Waals surface area contributed by atoms with Crippen LogP contribution < -0.4 is 13.9 Å². The van der Waals surface area contributed by atoms with E-state index in [1.165, 1.54) is 64.2 Å². The Labute approximate surface area is 203 Å². The Morgan fingerprint density at radius 2 is 1.49 bits per heavy atom. The minimum Gasteiger partial charge on any atom is -0.456 e. The molecule has 1 atom stereocenters. The lowest BCUT2D eigenvalue weighted by Gasteiger charge is -2.25. The molecule has 1 unspecified atom stereocenters. The second-order valence-electron chi connectivity index (χ2n) is 9.71. The smallest absolute Gasteiger partial charge is 0.425 e. The maximum absolute atomic E-state index is 6.66. The Bertz CT molecular complexity index is 2160. The lowest BCUT2D eigenvalue weighted by atomic mass is 9.86. The summed E-state index contributed by atoms with van der Waals surface area (Å²) in [6.07, 6.45) is 4.51. The van der Waals surface area contributed by atoms with Crippen LogP contribution in [0, 0.1) is 0 Å². The van der Waals surface area contributed by atoms with Crippen LogP contribution in [0.15, 0.2) is 97.3 Å². The molecule has 0 saturated carbocycles. The summed E-state index contributed by atoms with van der Waals surface area (Å²) < 4.78 is 14.4. The lowest BCUT2D eigenvalue weighted by molar-refractivity contribution is -0.950. The van der Waals surface area contributed by atoms with Crippen molar-refractivity contribution in [2.24, 2.45) is 0 Å². The van der Waals surface area contributed by atoms with Crippen LogP contribution in [0.1, 0.15) is 11.1 Å². The van der Waals surface area contributed by atoms with Crippen molar-refractivity contribution in [3.05, 3.63) is 108 Å². The molecule has 6 heterocycles. The molecule has 3 aliphatic heterocycles. The minimum atomic E-state index is -0.489. The van der Waals surface area contributed by atoms with Crippen molar-refractivity contribution in [2.75, 3.05) is 0 Å². The van der Waals surface area contributed by atoms with Gasteiger partial charge in [-0.1, -0.05) is 24.3 Å². The van der Waals surface area contributed by atoms with Gasteiger partial charge in [0.25, 0.3) is 0 Å². The molecule has 10 rings (SSSR count). The molecular formula is C31H16N2OS+2. The van der Waals surface area contributed by atoms with Crippen molar-refractivity contribution in [1.29, 1.82) is 0 Å². The number of ether oxygens (including phenoxy) is 1. The standard InChI is InChI=1S/C31H16N2OS/c1-2-12-24-18(7-1)25-19-9-6-16-33-29(19)26-20(30(25)35-24)13-14-23-28(26)31(33)27-17(8-5-11-22(27)34-23)21-10-3-4-15-32(21)31/h1-16H/q+2. The first-order chi connectivity index (χ1) is 17.4. The number of pyridine rings is 2. The maximum Gasteiger partial charge on any atom is 0.425 e. The van der Waals surface area contributed by atoms with Crippen LogP contribution in [-0.4, -0.2) is 0 Å². The minimum absolute atomic E-state index is 0.489. The fourth-order valence-electron chi connectivity index (χ4n) is 7.16. The number of benzene rings is 4. The highest BCUT2D eigenvalue weighted by atomic mass is 32.1. The van der Waals surface area contributed by atoms with E-state index in [2.05, 4.69) is 106 Å². The second kappa shape index (κ2) is 5.35. The highest BCUT2D eigenvalue weighted by Crippen LogP contribution is 2.58. The summed E-state index contributed by atoms with van der Waals surface area (Å²) in [5.41, 5.74) is 5.79. The van der Waals surface area contributed by atoms with Crippen molar-refractivity contribution in [3.63, 3.8) is 0 Å². The van der Waals surface area contributed by atoms with Gasteiger partial charge < -0.3 is 4.74 Å². The van der Waals surface area contributed by atoms with Crippen LogP contribution in [0.2, 0.25) is 0 Å². The molecule has 3 nitrogen and oxygen atoms in total. The molecule has 0 amide bonds. The van der Waals surface area contributed by atoms with Crippen LogP contribution in [0.25, 0.3) is 53.1 Å². The average molecular weight is 465 g/mol. The third-order valence-corrected chi connectivity index (χ3v) is 9.49. The van der Waals surface area contributed by atoms with Gasteiger partial charge in [0.1, 0.15) is 11.5 Å². The number of aromatic nitrogens is 2. The number of fused-ring (bicyclic) bond motifs is 7. The van der Waals surface area contributed by atoms with Crippen LogP contribution in [0.4, 0.5) is 0 Å². The van der Waals surface area contributed by atoms with Crippen molar-refractivity contribution >= 4 is 53.2 Å². The third-order valence-electron chi connectivity index (χ3n) is 8.28. The van der Waals surface area contributed by atoms with Gasteiger partial charge in [0.15, 0.2) is 23.5 Å². The van der Waals surface area contributed by atoms with E-state index in [4.69, 9.17) is 4.74 Å². The summed E-state index contributed by atoms with van der Waals surface area (Å²) >= 11 is 1.90. The molecule has 4 aromatic carbocycles. The summed E-state index contributed by atoms with van der Waals surface area (Å²) in [6.45, 7) is 0. The van der Waals surface area contributed by atoms with E-state index in [0.29, 0.717) is 0 Å². The Morgan fingerprint density at radius 3 is 2.49 bits per heavy atom. The van der Waals surface area contributed by atoms with Crippen LogP contribution >= 0.6 is 11.3 Å². The van der Waals surface area contributed by atoms with Crippen LogP contribution in [0.5, 0.6) is 11.5 Å². The average Bonchev–Trinajstić information content (AvgIpc) is 3.55. The summed E-state index contributed by atoms with van der Waals surface area (Å²) in [7, 11) is 0. The molecule has 0 saturated heterocycles. The van der Waals surface area contributed by atoms with Crippen molar-refractivity contribution < 1.29 is 13.9 Å². The predicted molar refractivity (Wildman–Crippen MR) is 138 cm³/mol. The number of rotatable bonds is 0. The largest absolute Gasteiger partial charge is 0.456 e. The molecule has 0 bridgehead atoms. The van der Waals surface area contributed by atoms with E-state index in [1.807, 2.05) is 11.3 Å². The van der Waals surface area contributed by atoms with Gasteiger partial charge in [0, 0.05) is 43.8 Å². The molecule has 0 fully saturated rings. The van der Waals surface area contributed by atoms with E-state index < -0.39 is 5.66 Å². The zero-order valence-electron chi connectivity index (χ0n) is 18.4.